The standard InChI is InChI=1S/C26H26N6S/c1-30(2)20-11-13-21(14-12-20)32-25(24(29-26(32)33)22-9-4-6-16-28-22)23-10-7-17-31(23)18-19-8-3-5-15-27-19/h3-17,24-25H,18H2,1-2H3,(H,29,33). The van der Waals surface area contributed by atoms with E-state index in [2.05, 4.69) is 84.4 Å². The fourth-order valence-electron chi connectivity index (χ4n) is 4.35. The summed E-state index contributed by atoms with van der Waals surface area (Å²) in [6, 6.07) is 24.6. The first kappa shape index (κ1) is 21.2. The lowest BCUT2D eigenvalue weighted by Gasteiger charge is -2.29. The Kier molecular flexibility index (Phi) is 5.79. The van der Waals surface area contributed by atoms with E-state index in [9.17, 15) is 0 Å². The molecule has 6 nitrogen and oxygen atoms in total. The molecule has 0 radical (unpaired) electrons. The van der Waals surface area contributed by atoms with Gasteiger partial charge in [-0.25, -0.2) is 0 Å². The van der Waals surface area contributed by atoms with Crippen LogP contribution in [0.5, 0.6) is 0 Å². The van der Waals surface area contributed by atoms with Crippen LogP contribution in [-0.2, 0) is 6.54 Å². The zero-order chi connectivity index (χ0) is 22.8. The predicted molar refractivity (Wildman–Crippen MR) is 136 cm³/mol. The van der Waals surface area contributed by atoms with E-state index in [-0.39, 0.29) is 12.1 Å². The smallest absolute Gasteiger partial charge is 0.174 e. The molecule has 4 heterocycles. The van der Waals surface area contributed by atoms with Crippen LogP contribution in [0.3, 0.4) is 0 Å². The number of hydrogen-bond acceptors (Lipinski definition) is 4. The first-order valence-electron chi connectivity index (χ1n) is 10.9. The van der Waals surface area contributed by atoms with Gasteiger partial charge < -0.3 is 19.7 Å². The molecule has 0 amide bonds. The molecule has 5 rings (SSSR count). The number of hydrogen-bond donors (Lipinski definition) is 1. The lowest BCUT2D eigenvalue weighted by Crippen LogP contribution is -2.30. The van der Waals surface area contributed by atoms with Gasteiger partial charge in [0, 0.05) is 49.8 Å². The first-order chi connectivity index (χ1) is 16.1. The molecule has 0 spiro atoms. The number of nitrogens with zero attached hydrogens (tertiary/aromatic N) is 5. The minimum Gasteiger partial charge on any atom is -0.378 e. The van der Waals surface area contributed by atoms with E-state index < -0.39 is 0 Å². The number of pyridine rings is 2. The van der Waals surface area contributed by atoms with Gasteiger partial charge in [-0.2, -0.15) is 0 Å². The van der Waals surface area contributed by atoms with Crippen LogP contribution in [0.1, 0.15) is 29.2 Å². The van der Waals surface area contributed by atoms with Crippen molar-refractivity contribution in [3.8, 4) is 0 Å². The zero-order valence-corrected chi connectivity index (χ0v) is 19.5. The number of rotatable bonds is 6. The Hall–Kier alpha value is -3.71. The van der Waals surface area contributed by atoms with Crippen LogP contribution in [0.2, 0.25) is 0 Å². The highest BCUT2D eigenvalue weighted by atomic mass is 32.1. The molecule has 1 saturated heterocycles. The summed E-state index contributed by atoms with van der Waals surface area (Å²) in [7, 11) is 4.09. The van der Waals surface area contributed by atoms with E-state index in [0.29, 0.717) is 11.7 Å². The van der Waals surface area contributed by atoms with Crippen molar-refractivity contribution in [1.29, 1.82) is 0 Å². The van der Waals surface area contributed by atoms with Gasteiger partial charge in [0.15, 0.2) is 5.11 Å². The summed E-state index contributed by atoms with van der Waals surface area (Å²) in [6.45, 7) is 0.689. The van der Waals surface area contributed by atoms with Gasteiger partial charge in [-0.3, -0.25) is 9.97 Å². The summed E-state index contributed by atoms with van der Waals surface area (Å²) in [4.78, 5) is 13.5. The predicted octanol–water partition coefficient (Wildman–Crippen LogP) is 4.57. The molecular formula is C26H26N6S. The van der Waals surface area contributed by atoms with Crippen molar-refractivity contribution < 1.29 is 0 Å². The Morgan fingerprint density at radius 1 is 0.909 bits per heavy atom. The van der Waals surface area contributed by atoms with Crippen molar-refractivity contribution in [1.82, 2.24) is 19.9 Å². The quantitative estimate of drug-likeness (QED) is 0.431. The molecule has 4 aromatic rings. The average molecular weight is 455 g/mol. The summed E-state index contributed by atoms with van der Waals surface area (Å²) in [5.74, 6) is 0. The average Bonchev–Trinajstić information content (AvgIpc) is 3.44. The molecule has 0 aliphatic carbocycles. The van der Waals surface area contributed by atoms with Crippen LogP contribution in [0, 0.1) is 0 Å². The fraction of sp³-hybridized carbons (Fsp3) is 0.192. The summed E-state index contributed by atoms with van der Waals surface area (Å²) < 4.78 is 2.25. The second kappa shape index (κ2) is 9.03. The number of thiocarbonyl (C=S) groups is 1. The number of anilines is 2. The number of nitrogens with one attached hydrogen (secondary N) is 1. The van der Waals surface area contributed by atoms with Crippen molar-refractivity contribution in [2.45, 2.75) is 18.6 Å². The number of benzene rings is 1. The highest BCUT2D eigenvalue weighted by Crippen LogP contribution is 2.42. The SMILES string of the molecule is CN(C)c1ccc(N2C(=S)NC(c3ccccn3)C2c2cccn2Cc2ccccn2)cc1. The van der Waals surface area contributed by atoms with Crippen molar-refractivity contribution in [2.24, 2.45) is 0 Å². The van der Waals surface area contributed by atoms with E-state index in [1.165, 1.54) is 0 Å². The molecular weight excluding hydrogens is 428 g/mol. The largest absolute Gasteiger partial charge is 0.378 e. The van der Waals surface area contributed by atoms with E-state index in [1.54, 1.807) is 0 Å². The second-order valence-corrected chi connectivity index (χ2v) is 8.68. The van der Waals surface area contributed by atoms with E-state index >= 15 is 0 Å². The van der Waals surface area contributed by atoms with Crippen molar-refractivity contribution in [2.75, 3.05) is 23.9 Å². The topological polar surface area (TPSA) is 49.2 Å². The second-order valence-electron chi connectivity index (χ2n) is 8.29. The minimum atomic E-state index is -0.0791. The lowest BCUT2D eigenvalue weighted by molar-refractivity contribution is 0.532. The van der Waals surface area contributed by atoms with Gasteiger partial charge in [0.25, 0.3) is 0 Å². The monoisotopic (exact) mass is 454 g/mol. The third-order valence-corrected chi connectivity index (χ3v) is 6.28. The summed E-state index contributed by atoms with van der Waals surface area (Å²) in [5.41, 5.74) is 5.32. The van der Waals surface area contributed by atoms with E-state index in [4.69, 9.17) is 12.2 Å². The molecule has 1 aromatic carbocycles. The van der Waals surface area contributed by atoms with Crippen LogP contribution in [-0.4, -0.2) is 33.7 Å². The Balaban J connectivity index is 1.58. The Morgan fingerprint density at radius 2 is 1.67 bits per heavy atom. The lowest BCUT2D eigenvalue weighted by atomic mass is 10.0. The van der Waals surface area contributed by atoms with Crippen LogP contribution >= 0.6 is 12.2 Å². The normalized spacial score (nSPS) is 17.8. The Morgan fingerprint density at radius 3 is 2.33 bits per heavy atom. The molecule has 3 aromatic heterocycles. The van der Waals surface area contributed by atoms with Crippen molar-refractivity contribution in [3.05, 3.63) is 108 Å². The van der Waals surface area contributed by atoms with Crippen LogP contribution in [0.4, 0.5) is 11.4 Å². The van der Waals surface area contributed by atoms with Crippen molar-refractivity contribution in [3.63, 3.8) is 0 Å². The molecule has 166 valence electrons. The summed E-state index contributed by atoms with van der Waals surface area (Å²) in [6.07, 6.45) is 5.77. The fourth-order valence-corrected chi connectivity index (χ4v) is 4.70. The van der Waals surface area contributed by atoms with Crippen molar-refractivity contribution >= 4 is 28.7 Å². The molecule has 1 aliphatic rings. The van der Waals surface area contributed by atoms with Gasteiger partial charge in [-0.05, 0) is 72.9 Å². The molecule has 2 atom stereocenters. The van der Waals surface area contributed by atoms with Gasteiger partial charge in [-0.1, -0.05) is 12.1 Å². The molecule has 7 heteroatoms. The van der Waals surface area contributed by atoms with Crippen LogP contribution in [0.15, 0.2) is 91.4 Å². The maximum Gasteiger partial charge on any atom is 0.174 e. The third kappa shape index (κ3) is 4.19. The van der Waals surface area contributed by atoms with E-state index in [0.717, 1.165) is 28.5 Å². The van der Waals surface area contributed by atoms with Gasteiger partial charge >= 0.3 is 0 Å². The Labute approximate surface area is 199 Å². The maximum absolute atomic E-state index is 5.86. The summed E-state index contributed by atoms with van der Waals surface area (Å²) >= 11 is 5.86. The van der Waals surface area contributed by atoms with Gasteiger partial charge in [-0.15, -0.1) is 0 Å². The zero-order valence-electron chi connectivity index (χ0n) is 18.7. The molecule has 1 N–H and O–H groups in total. The molecule has 0 bridgehead atoms. The minimum absolute atomic E-state index is 0.0590. The van der Waals surface area contributed by atoms with Crippen LogP contribution in [0.25, 0.3) is 0 Å². The first-order valence-corrected chi connectivity index (χ1v) is 11.4. The third-order valence-electron chi connectivity index (χ3n) is 5.97. The van der Waals surface area contributed by atoms with Gasteiger partial charge in [0.2, 0.25) is 0 Å². The Bertz CT molecular complexity index is 1220. The van der Waals surface area contributed by atoms with Gasteiger partial charge in [0.1, 0.15) is 6.04 Å². The molecule has 33 heavy (non-hydrogen) atoms. The van der Waals surface area contributed by atoms with E-state index in [1.807, 2.05) is 50.8 Å². The summed E-state index contributed by atoms with van der Waals surface area (Å²) in [5, 5.41) is 4.23. The number of aromatic nitrogens is 3. The van der Waals surface area contributed by atoms with Gasteiger partial charge in [0.05, 0.1) is 24.0 Å². The van der Waals surface area contributed by atoms with Crippen LogP contribution < -0.4 is 15.1 Å². The molecule has 0 saturated carbocycles. The molecule has 2 unspecified atom stereocenters. The molecule has 1 fully saturated rings. The highest BCUT2D eigenvalue weighted by Gasteiger charge is 2.42. The molecule has 1 aliphatic heterocycles. The highest BCUT2D eigenvalue weighted by molar-refractivity contribution is 7.80. The maximum atomic E-state index is 5.86.